The van der Waals surface area contributed by atoms with Crippen LogP contribution in [0.3, 0.4) is 0 Å². The zero-order chi connectivity index (χ0) is 31.2. The molecule has 5 aromatic rings. The third-order valence-corrected chi connectivity index (χ3v) is 8.26. The molecule has 1 aliphatic heterocycles. The van der Waals surface area contributed by atoms with Crippen molar-refractivity contribution in [2.24, 2.45) is 7.05 Å². The Bertz CT molecular complexity index is 1800. The van der Waals surface area contributed by atoms with E-state index in [0.29, 0.717) is 19.5 Å². The van der Waals surface area contributed by atoms with Crippen molar-refractivity contribution in [2.75, 3.05) is 6.54 Å². The van der Waals surface area contributed by atoms with Gasteiger partial charge in [-0.05, 0) is 47.7 Å². The summed E-state index contributed by atoms with van der Waals surface area (Å²) in [5.74, 6) is -0.291. The largest absolute Gasteiger partial charge is 0.336 e. The van der Waals surface area contributed by atoms with Gasteiger partial charge in [0, 0.05) is 57.1 Å². The Morgan fingerprint density at radius 1 is 0.933 bits per heavy atom. The molecule has 0 fully saturated rings. The average molecular weight is 597 g/mol. The van der Waals surface area contributed by atoms with Gasteiger partial charge in [0.2, 0.25) is 11.8 Å². The van der Waals surface area contributed by atoms with Crippen LogP contribution in [0.5, 0.6) is 0 Å². The summed E-state index contributed by atoms with van der Waals surface area (Å²) >= 11 is 0. The second-order valence-electron chi connectivity index (χ2n) is 11.4. The molecule has 0 unspecified atom stereocenters. The zero-order valence-corrected chi connectivity index (χ0v) is 25.6. The van der Waals surface area contributed by atoms with Crippen LogP contribution in [0.25, 0.3) is 17.3 Å². The Morgan fingerprint density at radius 3 is 2.40 bits per heavy atom. The molecule has 1 atom stereocenters. The van der Waals surface area contributed by atoms with Crippen LogP contribution in [0.2, 0.25) is 0 Å². The summed E-state index contributed by atoms with van der Waals surface area (Å²) in [6, 6.07) is 27.3. The van der Waals surface area contributed by atoms with Crippen molar-refractivity contribution in [2.45, 2.75) is 38.9 Å². The molecular weight excluding hydrogens is 560 g/mol. The van der Waals surface area contributed by atoms with E-state index in [0.717, 1.165) is 45.8 Å². The predicted molar refractivity (Wildman–Crippen MR) is 174 cm³/mol. The van der Waals surface area contributed by atoms with Gasteiger partial charge in [0.1, 0.15) is 6.04 Å². The Labute approximate surface area is 263 Å². The number of nitrogens with zero attached hydrogens (tertiary/aromatic N) is 6. The molecule has 2 aromatic heterocycles. The van der Waals surface area contributed by atoms with Gasteiger partial charge in [0.05, 0.1) is 23.3 Å². The Balaban J connectivity index is 1.35. The predicted octanol–water partition coefficient (Wildman–Crippen LogP) is 5.42. The number of aromatic nitrogens is 4. The first-order chi connectivity index (χ1) is 21.9. The minimum absolute atomic E-state index is 0.0531. The van der Waals surface area contributed by atoms with Crippen molar-refractivity contribution in [1.82, 2.24) is 29.5 Å². The quantitative estimate of drug-likeness (QED) is 0.212. The molecule has 8 nitrogen and oxygen atoms in total. The van der Waals surface area contributed by atoms with E-state index >= 15 is 0 Å². The van der Waals surface area contributed by atoms with Crippen LogP contribution in [0.1, 0.15) is 33.6 Å². The zero-order valence-electron chi connectivity index (χ0n) is 25.6. The van der Waals surface area contributed by atoms with Crippen molar-refractivity contribution < 1.29 is 9.59 Å². The number of benzene rings is 3. The van der Waals surface area contributed by atoms with E-state index in [9.17, 15) is 9.59 Å². The molecule has 3 heterocycles. The van der Waals surface area contributed by atoms with E-state index in [1.54, 1.807) is 40.3 Å². The fraction of sp³-hybridized carbons (Fsp3) is 0.216. The van der Waals surface area contributed by atoms with Crippen LogP contribution in [-0.4, -0.2) is 53.9 Å². The minimum atomic E-state index is -0.706. The Morgan fingerprint density at radius 2 is 1.69 bits per heavy atom. The number of rotatable bonds is 9. The summed E-state index contributed by atoms with van der Waals surface area (Å²) in [4.78, 5) is 40.9. The lowest BCUT2D eigenvalue weighted by Crippen LogP contribution is -2.52. The van der Waals surface area contributed by atoms with Gasteiger partial charge in [-0.2, -0.15) is 5.10 Å². The van der Waals surface area contributed by atoms with Gasteiger partial charge in [-0.15, -0.1) is 0 Å². The van der Waals surface area contributed by atoms with Gasteiger partial charge in [-0.3, -0.25) is 24.2 Å². The van der Waals surface area contributed by atoms with Crippen LogP contribution >= 0.6 is 0 Å². The lowest BCUT2D eigenvalue weighted by molar-refractivity contribution is -0.144. The maximum absolute atomic E-state index is 14.5. The highest BCUT2D eigenvalue weighted by molar-refractivity contribution is 5.95. The molecular formula is C37H36N6O2. The topological polar surface area (TPSA) is 84.2 Å². The summed E-state index contributed by atoms with van der Waals surface area (Å²) in [6.45, 7) is 3.32. The third kappa shape index (κ3) is 7.07. The van der Waals surface area contributed by atoms with Crippen LogP contribution in [0, 0.1) is 6.92 Å². The number of hydrogen-bond acceptors (Lipinski definition) is 5. The summed E-state index contributed by atoms with van der Waals surface area (Å²) in [5.41, 5.74) is 7.71. The van der Waals surface area contributed by atoms with Gasteiger partial charge in [-0.25, -0.2) is 0 Å². The van der Waals surface area contributed by atoms with Crippen molar-refractivity contribution in [3.05, 3.63) is 143 Å². The van der Waals surface area contributed by atoms with Gasteiger partial charge in [0.25, 0.3) is 0 Å². The van der Waals surface area contributed by atoms with Gasteiger partial charge < -0.3 is 9.80 Å². The van der Waals surface area contributed by atoms with E-state index in [-0.39, 0.29) is 18.4 Å². The number of hydrogen-bond donors (Lipinski definition) is 0. The molecule has 226 valence electrons. The van der Waals surface area contributed by atoms with E-state index < -0.39 is 6.04 Å². The SMILES string of the molecule is Cc1cc(C=CC(=O)N(Cc2ccc(-c3cnccn3)cc2)[C@@H](Cc2ccccc2)C(=O)N2CCc3ccccc3C2)n(C)n1. The number of carbonyl (C=O) groups excluding carboxylic acids is 2. The van der Waals surface area contributed by atoms with Crippen molar-refractivity contribution in [1.29, 1.82) is 0 Å². The maximum atomic E-state index is 14.5. The highest BCUT2D eigenvalue weighted by Crippen LogP contribution is 2.24. The molecule has 0 N–H and O–H groups in total. The molecule has 3 aromatic carbocycles. The Hall–Kier alpha value is -5.37. The summed E-state index contributed by atoms with van der Waals surface area (Å²) in [7, 11) is 1.85. The monoisotopic (exact) mass is 596 g/mol. The third-order valence-electron chi connectivity index (χ3n) is 8.26. The normalized spacial score (nSPS) is 13.4. The van der Waals surface area contributed by atoms with E-state index in [1.165, 1.54) is 5.56 Å². The first kappa shape index (κ1) is 29.7. The molecule has 0 bridgehead atoms. The Kier molecular flexibility index (Phi) is 8.91. The highest BCUT2D eigenvalue weighted by Gasteiger charge is 2.34. The number of aryl methyl sites for hydroxylation is 2. The van der Waals surface area contributed by atoms with Gasteiger partial charge in [-0.1, -0.05) is 78.9 Å². The summed E-state index contributed by atoms with van der Waals surface area (Å²) in [6.07, 6.45) is 9.55. The lowest BCUT2D eigenvalue weighted by Gasteiger charge is -2.37. The molecule has 0 saturated heterocycles. The van der Waals surface area contributed by atoms with Crippen molar-refractivity contribution in [3.63, 3.8) is 0 Å². The van der Waals surface area contributed by atoms with Crippen molar-refractivity contribution in [3.8, 4) is 11.3 Å². The van der Waals surface area contributed by atoms with E-state index in [2.05, 4.69) is 27.2 Å². The summed E-state index contributed by atoms with van der Waals surface area (Å²) < 4.78 is 1.74. The first-order valence-corrected chi connectivity index (χ1v) is 15.2. The maximum Gasteiger partial charge on any atom is 0.247 e. The molecule has 0 saturated carbocycles. The smallest absolute Gasteiger partial charge is 0.247 e. The van der Waals surface area contributed by atoms with Gasteiger partial charge >= 0.3 is 0 Å². The van der Waals surface area contributed by atoms with Crippen LogP contribution < -0.4 is 0 Å². The molecule has 0 aliphatic carbocycles. The second-order valence-corrected chi connectivity index (χ2v) is 11.4. The fourth-order valence-corrected chi connectivity index (χ4v) is 5.87. The van der Waals surface area contributed by atoms with Crippen molar-refractivity contribution >= 4 is 17.9 Å². The molecule has 1 aliphatic rings. The van der Waals surface area contributed by atoms with Gasteiger partial charge in [0.15, 0.2) is 0 Å². The van der Waals surface area contributed by atoms with E-state index in [1.807, 2.05) is 91.7 Å². The average Bonchev–Trinajstić information content (AvgIpc) is 3.41. The number of carbonyl (C=O) groups is 2. The van der Waals surface area contributed by atoms with Crippen LogP contribution in [0.15, 0.2) is 110 Å². The molecule has 6 rings (SSSR count). The molecule has 2 amide bonds. The fourth-order valence-electron chi connectivity index (χ4n) is 5.87. The van der Waals surface area contributed by atoms with E-state index in [4.69, 9.17) is 0 Å². The number of fused-ring (bicyclic) bond motifs is 1. The number of amides is 2. The van der Waals surface area contributed by atoms with Crippen LogP contribution in [0.4, 0.5) is 0 Å². The second kappa shape index (κ2) is 13.5. The minimum Gasteiger partial charge on any atom is -0.336 e. The van der Waals surface area contributed by atoms with Crippen LogP contribution in [-0.2, 0) is 42.6 Å². The molecule has 0 radical (unpaired) electrons. The molecule has 8 heteroatoms. The molecule has 45 heavy (non-hydrogen) atoms. The molecule has 0 spiro atoms. The highest BCUT2D eigenvalue weighted by atomic mass is 16.2. The standard InChI is InChI=1S/C37H36N6O2/c1-27-22-33(41(2)40-27)16-17-36(44)43(25-29-12-14-31(15-13-29)34-24-38-19-20-39-34)35(23-28-8-4-3-5-9-28)37(45)42-21-18-30-10-6-7-11-32(30)26-42/h3-17,19-20,22,24,35H,18,21,23,25-26H2,1-2H3/t35-/m0/s1. The lowest BCUT2D eigenvalue weighted by atomic mass is 9.97. The summed E-state index contributed by atoms with van der Waals surface area (Å²) in [5, 5.41) is 4.40. The first-order valence-electron chi connectivity index (χ1n) is 15.2.